The lowest BCUT2D eigenvalue weighted by molar-refractivity contribution is -0.128. The van der Waals surface area contributed by atoms with E-state index in [1.165, 1.54) is 4.31 Å². The van der Waals surface area contributed by atoms with Gasteiger partial charge in [0.05, 0.1) is 17.4 Å². The van der Waals surface area contributed by atoms with Crippen LogP contribution in [0.5, 0.6) is 0 Å². The van der Waals surface area contributed by atoms with Crippen molar-refractivity contribution >= 4 is 27.5 Å². The molecule has 32 heavy (non-hydrogen) atoms. The number of rotatable bonds is 5. The summed E-state index contributed by atoms with van der Waals surface area (Å²) in [6.07, 6.45) is 3.05. The Kier molecular flexibility index (Phi) is 6.62. The van der Waals surface area contributed by atoms with Gasteiger partial charge in [-0.1, -0.05) is 35.9 Å². The van der Waals surface area contributed by atoms with Gasteiger partial charge in [0.1, 0.15) is 0 Å². The van der Waals surface area contributed by atoms with E-state index in [0.29, 0.717) is 25.9 Å². The molecule has 0 spiro atoms. The number of para-hydroxylation sites is 1. The van der Waals surface area contributed by atoms with Crippen molar-refractivity contribution in [2.24, 2.45) is 5.92 Å². The summed E-state index contributed by atoms with van der Waals surface area (Å²) in [5, 5.41) is 2.75. The van der Waals surface area contributed by atoms with Crippen LogP contribution in [0.15, 0.2) is 53.4 Å². The average Bonchev–Trinajstić information content (AvgIpc) is 2.82. The van der Waals surface area contributed by atoms with Gasteiger partial charge < -0.3 is 10.2 Å². The Hall–Kier alpha value is -2.71. The van der Waals surface area contributed by atoms with Crippen LogP contribution in [0.3, 0.4) is 0 Å². The Bertz CT molecular complexity index is 1100. The number of nitrogens with zero attached hydrogens (tertiary/aromatic N) is 2. The van der Waals surface area contributed by atoms with Crippen LogP contribution in [0.25, 0.3) is 0 Å². The monoisotopic (exact) mass is 455 g/mol. The summed E-state index contributed by atoms with van der Waals surface area (Å²) < 4.78 is 27.4. The van der Waals surface area contributed by atoms with Gasteiger partial charge in [-0.25, -0.2) is 8.42 Å². The molecular weight excluding hydrogens is 426 g/mol. The fourth-order valence-electron chi connectivity index (χ4n) is 4.43. The third-order valence-corrected chi connectivity index (χ3v) is 8.12. The van der Waals surface area contributed by atoms with Crippen molar-refractivity contribution in [2.45, 2.75) is 37.5 Å². The molecule has 1 saturated heterocycles. The third kappa shape index (κ3) is 4.71. The molecule has 170 valence electrons. The summed E-state index contributed by atoms with van der Waals surface area (Å²) in [4.78, 5) is 27.5. The molecule has 0 bridgehead atoms. The summed E-state index contributed by atoms with van der Waals surface area (Å²) in [5.41, 5.74) is 3.04. The lowest BCUT2D eigenvalue weighted by Gasteiger charge is -2.32. The summed E-state index contributed by atoms with van der Waals surface area (Å²) >= 11 is 0. The van der Waals surface area contributed by atoms with Crippen LogP contribution in [-0.4, -0.2) is 50.7 Å². The van der Waals surface area contributed by atoms with E-state index in [-0.39, 0.29) is 29.8 Å². The smallest absolute Gasteiger partial charge is 0.246 e. The Labute approximate surface area is 189 Å². The van der Waals surface area contributed by atoms with Gasteiger partial charge in [-0.2, -0.15) is 4.31 Å². The molecule has 1 fully saturated rings. The van der Waals surface area contributed by atoms with Crippen molar-refractivity contribution < 1.29 is 18.0 Å². The first-order chi connectivity index (χ1) is 15.4. The molecule has 2 aromatic rings. The molecule has 1 atom stereocenters. The largest absolute Gasteiger partial charge is 0.347 e. The Morgan fingerprint density at radius 1 is 1.03 bits per heavy atom. The van der Waals surface area contributed by atoms with Crippen LogP contribution in [0, 0.1) is 12.8 Å². The van der Waals surface area contributed by atoms with Crippen molar-refractivity contribution in [3.05, 3.63) is 59.7 Å². The molecular formula is C24H29N3O4S. The molecule has 1 N–H and O–H groups in total. The number of fused-ring (bicyclic) bond motifs is 1. The maximum absolute atomic E-state index is 13.0. The number of amides is 2. The van der Waals surface area contributed by atoms with Crippen LogP contribution in [0.4, 0.5) is 5.69 Å². The normalized spacial score (nSPS) is 19.3. The van der Waals surface area contributed by atoms with E-state index in [1.807, 2.05) is 31.2 Å². The van der Waals surface area contributed by atoms with E-state index in [0.717, 1.165) is 29.7 Å². The molecule has 7 nitrogen and oxygen atoms in total. The van der Waals surface area contributed by atoms with E-state index in [9.17, 15) is 18.0 Å². The average molecular weight is 456 g/mol. The number of anilines is 1. The molecule has 0 aliphatic carbocycles. The van der Waals surface area contributed by atoms with E-state index < -0.39 is 15.9 Å². The molecule has 0 saturated carbocycles. The van der Waals surface area contributed by atoms with Crippen LogP contribution in [0.1, 0.15) is 30.4 Å². The second kappa shape index (κ2) is 9.42. The van der Waals surface area contributed by atoms with Crippen molar-refractivity contribution in [3.8, 4) is 0 Å². The Morgan fingerprint density at radius 2 is 1.78 bits per heavy atom. The molecule has 8 heteroatoms. The zero-order valence-corrected chi connectivity index (χ0v) is 19.1. The van der Waals surface area contributed by atoms with Gasteiger partial charge in [0.2, 0.25) is 21.8 Å². The van der Waals surface area contributed by atoms with Crippen LogP contribution in [-0.2, 0) is 26.0 Å². The number of carbonyl (C=O) groups is 2. The minimum Gasteiger partial charge on any atom is -0.347 e. The number of hydrogen-bond donors (Lipinski definition) is 1. The number of nitrogens with one attached hydrogen (secondary N) is 1. The van der Waals surface area contributed by atoms with Crippen LogP contribution >= 0.6 is 0 Å². The van der Waals surface area contributed by atoms with Crippen molar-refractivity contribution in [2.75, 3.05) is 31.1 Å². The maximum Gasteiger partial charge on any atom is 0.246 e. The zero-order chi connectivity index (χ0) is 22.7. The van der Waals surface area contributed by atoms with Gasteiger partial charge in [-0.05, 0) is 56.4 Å². The Balaban J connectivity index is 1.37. The second-order valence-electron chi connectivity index (χ2n) is 8.51. The first-order valence-electron chi connectivity index (χ1n) is 11.1. The lowest BCUT2D eigenvalue weighted by atomic mass is 9.99. The van der Waals surface area contributed by atoms with Gasteiger partial charge in [0.15, 0.2) is 0 Å². The minimum absolute atomic E-state index is 0.0889. The number of carbonyl (C=O) groups excluding carboxylic acids is 2. The fourth-order valence-corrected chi connectivity index (χ4v) is 5.95. The maximum atomic E-state index is 13.0. The summed E-state index contributed by atoms with van der Waals surface area (Å²) in [6, 6.07) is 14.6. The summed E-state index contributed by atoms with van der Waals surface area (Å²) in [7, 11) is -3.65. The standard InChI is InChI=1S/C24H29N3O4S/c1-18-10-12-21(13-11-18)32(30,31)26-14-4-8-20(17-26)24(29)25-16-23(28)27-15-5-7-19-6-2-3-9-22(19)27/h2-3,6,9-13,20H,4-5,7-8,14-17H2,1H3,(H,25,29)/t20-/m0/s1. The number of sulfonamides is 1. The Morgan fingerprint density at radius 3 is 2.56 bits per heavy atom. The SMILES string of the molecule is Cc1ccc(S(=O)(=O)N2CCC[C@H](C(=O)NCC(=O)N3CCCc4ccccc43)C2)cc1. The molecule has 4 rings (SSSR count). The van der Waals surface area contributed by atoms with Gasteiger partial charge in [0, 0.05) is 25.3 Å². The fraction of sp³-hybridized carbons (Fsp3) is 0.417. The predicted molar refractivity (Wildman–Crippen MR) is 123 cm³/mol. The second-order valence-corrected chi connectivity index (χ2v) is 10.4. The molecule has 2 aliphatic heterocycles. The highest BCUT2D eigenvalue weighted by Gasteiger charge is 2.33. The van der Waals surface area contributed by atoms with E-state index in [2.05, 4.69) is 5.32 Å². The highest BCUT2D eigenvalue weighted by molar-refractivity contribution is 7.89. The van der Waals surface area contributed by atoms with Crippen LogP contribution < -0.4 is 10.2 Å². The highest BCUT2D eigenvalue weighted by atomic mass is 32.2. The summed E-state index contributed by atoms with van der Waals surface area (Å²) in [5.74, 6) is -0.886. The molecule has 2 heterocycles. The number of piperidine rings is 1. The topological polar surface area (TPSA) is 86.8 Å². The number of hydrogen-bond acceptors (Lipinski definition) is 4. The molecule has 2 amide bonds. The van der Waals surface area contributed by atoms with Crippen molar-refractivity contribution in [1.29, 1.82) is 0 Å². The van der Waals surface area contributed by atoms with Gasteiger partial charge in [-0.15, -0.1) is 0 Å². The van der Waals surface area contributed by atoms with Gasteiger partial charge in [0.25, 0.3) is 0 Å². The molecule has 2 aliphatic rings. The highest BCUT2D eigenvalue weighted by Crippen LogP contribution is 2.27. The van der Waals surface area contributed by atoms with Crippen molar-refractivity contribution in [1.82, 2.24) is 9.62 Å². The molecule has 0 radical (unpaired) electrons. The van der Waals surface area contributed by atoms with E-state index in [4.69, 9.17) is 0 Å². The molecule has 2 aromatic carbocycles. The van der Waals surface area contributed by atoms with E-state index >= 15 is 0 Å². The minimum atomic E-state index is -3.65. The lowest BCUT2D eigenvalue weighted by Crippen LogP contribution is -2.48. The van der Waals surface area contributed by atoms with Crippen LogP contribution in [0.2, 0.25) is 0 Å². The first kappa shape index (κ1) is 22.5. The zero-order valence-electron chi connectivity index (χ0n) is 18.3. The predicted octanol–water partition coefficient (Wildman–Crippen LogP) is 2.49. The molecule has 0 aromatic heterocycles. The quantitative estimate of drug-likeness (QED) is 0.751. The number of benzene rings is 2. The van der Waals surface area contributed by atoms with E-state index in [1.54, 1.807) is 29.2 Å². The first-order valence-corrected chi connectivity index (χ1v) is 12.5. The van der Waals surface area contributed by atoms with Gasteiger partial charge >= 0.3 is 0 Å². The molecule has 0 unspecified atom stereocenters. The number of aryl methyl sites for hydroxylation is 2. The third-order valence-electron chi connectivity index (χ3n) is 6.24. The van der Waals surface area contributed by atoms with Crippen molar-refractivity contribution in [3.63, 3.8) is 0 Å². The summed E-state index contributed by atoms with van der Waals surface area (Å²) in [6.45, 7) is 2.97. The van der Waals surface area contributed by atoms with Gasteiger partial charge in [-0.3, -0.25) is 9.59 Å².